The van der Waals surface area contributed by atoms with Gasteiger partial charge in [-0.3, -0.25) is 10.2 Å². The molecule has 2 aromatic carbocycles. The fraction of sp³-hybridized carbons (Fsp3) is 0.150. The highest BCUT2D eigenvalue weighted by Gasteiger charge is 2.08. The van der Waals surface area contributed by atoms with Gasteiger partial charge < -0.3 is 9.84 Å². The lowest BCUT2D eigenvalue weighted by atomic mass is 10.0. The van der Waals surface area contributed by atoms with E-state index in [9.17, 15) is 9.90 Å². The molecule has 0 fully saturated rings. The van der Waals surface area contributed by atoms with Gasteiger partial charge in [-0.1, -0.05) is 29.3 Å². The molecule has 0 bridgehead atoms. The molecule has 0 aliphatic rings. The summed E-state index contributed by atoms with van der Waals surface area (Å²) in [6.07, 6.45) is 1.60. The number of anilines is 1. The van der Waals surface area contributed by atoms with E-state index in [2.05, 4.69) is 15.5 Å². The third-order valence-corrected chi connectivity index (χ3v) is 5.00. The smallest absolute Gasteiger partial charge is 0.311 e. The van der Waals surface area contributed by atoms with E-state index < -0.39 is 0 Å². The average molecular weight is 450 g/mol. The number of thiazole rings is 1. The number of esters is 1. The Morgan fingerprint density at radius 3 is 2.69 bits per heavy atom. The van der Waals surface area contributed by atoms with E-state index in [0.717, 1.165) is 11.1 Å². The topological polar surface area (TPSA) is 83.8 Å². The molecule has 3 rings (SSSR count). The molecular weight excluding hydrogens is 433 g/mol. The van der Waals surface area contributed by atoms with E-state index in [0.29, 0.717) is 33.0 Å². The number of hydrogen-bond acceptors (Lipinski definition) is 7. The van der Waals surface area contributed by atoms with Crippen LogP contribution >= 0.6 is 34.5 Å². The number of nitrogens with one attached hydrogen (secondary N) is 1. The van der Waals surface area contributed by atoms with Crippen LogP contribution in [0.15, 0.2) is 46.9 Å². The van der Waals surface area contributed by atoms with Gasteiger partial charge in [0, 0.05) is 21.0 Å². The number of aromatic nitrogens is 1. The first-order valence-corrected chi connectivity index (χ1v) is 10.3. The maximum absolute atomic E-state index is 11.5. The summed E-state index contributed by atoms with van der Waals surface area (Å²) in [6, 6.07) is 10.4. The van der Waals surface area contributed by atoms with Crippen molar-refractivity contribution in [2.75, 3.05) is 12.0 Å². The quantitative estimate of drug-likeness (QED) is 0.287. The average Bonchev–Trinajstić information content (AvgIpc) is 3.09. The highest BCUT2D eigenvalue weighted by molar-refractivity contribution is 7.13. The molecule has 0 unspecified atom stereocenters. The number of nitrogens with zero attached hydrogens (tertiary/aromatic N) is 2. The minimum Gasteiger partial charge on any atom is -0.507 e. The molecule has 150 valence electrons. The number of rotatable bonds is 7. The number of carbonyl (C=O) groups is 1. The normalized spacial score (nSPS) is 11.0. The second-order valence-corrected chi connectivity index (χ2v) is 7.66. The van der Waals surface area contributed by atoms with Gasteiger partial charge in [0.05, 0.1) is 24.9 Å². The van der Waals surface area contributed by atoms with Crippen LogP contribution in [0, 0.1) is 0 Å². The van der Waals surface area contributed by atoms with Crippen LogP contribution in [0.25, 0.3) is 11.1 Å². The molecule has 2 N–H and O–H groups in total. The minimum absolute atomic E-state index is 0.0614. The lowest BCUT2D eigenvalue weighted by Crippen LogP contribution is -2.07. The van der Waals surface area contributed by atoms with Crippen molar-refractivity contribution < 1.29 is 14.6 Å². The second-order valence-electron chi connectivity index (χ2n) is 5.93. The molecule has 0 aliphatic heterocycles. The molecule has 0 radical (unpaired) electrons. The van der Waals surface area contributed by atoms with E-state index >= 15 is 0 Å². The largest absolute Gasteiger partial charge is 0.507 e. The lowest BCUT2D eigenvalue weighted by Gasteiger charge is -2.06. The van der Waals surface area contributed by atoms with Crippen molar-refractivity contribution >= 4 is 51.9 Å². The Labute approximate surface area is 181 Å². The summed E-state index contributed by atoms with van der Waals surface area (Å²) in [6.45, 7) is 2.09. The Balaban J connectivity index is 1.65. The molecule has 3 aromatic rings. The van der Waals surface area contributed by atoms with Gasteiger partial charge in [-0.15, -0.1) is 11.3 Å². The Morgan fingerprint density at radius 1 is 1.24 bits per heavy atom. The van der Waals surface area contributed by atoms with Crippen LogP contribution in [0.4, 0.5) is 5.13 Å². The van der Waals surface area contributed by atoms with Gasteiger partial charge in [0.25, 0.3) is 0 Å². The molecule has 6 nitrogen and oxygen atoms in total. The number of aromatic hydroxyl groups is 1. The number of phenols is 1. The standard InChI is InChI=1S/C20H17Cl2N3O3S/c1-2-28-19(27)9-17-11-29-20(24-17)25-23-10-13-4-3-12(7-18(13)26)14-5-15(21)8-16(22)6-14/h3-8,10-11,26H,2,9H2,1H3,(H,24,25). The number of hydrogen-bond donors (Lipinski definition) is 2. The molecule has 29 heavy (non-hydrogen) atoms. The molecule has 0 atom stereocenters. The number of hydrazone groups is 1. The van der Waals surface area contributed by atoms with Gasteiger partial charge in [0.2, 0.25) is 5.13 Å². The fourth-order valence-electron chi connectivity index (χ4n) is 2.51. The SMILES string of the molecule is CCOC(=O)Cc1csc(NN=Cc2ccc(-c3cc(Cl)cc(Cl)c3)cc2O)n1. The zero-order valence-electron chi connectivity index (χ0n) is 15.4. The number of halogens is 2. The Hall–Kier alpha value is -2.61. The Kier molecular flexibility index (Phi) is 7.09. The van der Waals surface area contributed by atoms with Crippen molar-refractivity contribution in [1.82, 2.24) is 4.98 Å². The summed E-state index contributed by atoms with van der Waals surface area (Å²) >= 11 is 13.4. The van der Waals surface area contributed by atoms with Crippen molar-refractivity contribution in [3.05, 3.63) is 63.1 Å². The number of carbonyl (C=O) groups excluding carboxylic acids is 1. The summed E-state index contributed by atoms with van der Waals surface area (Å²) in [5.41, 5.74) is 5.50. The zero-order chi connectivity index (χ0) is 20.8. The summed E-state index contributed by atoms with van der Waals surface area (Å²) < 4.78 is 4.90. The highest BCUT2D eigenvalue weighted by Crippen LogP contribution is 2.30. The minimum atomic E-state index is -0.321. The Bertz CT molecular complexity index is 1030. The van der Waals surface area contributed by atoms with Crippen LogP contribution in [-0.4, -0.2) is 28.9 Å². The van der Waals surface area contributed by atoms with Crippen LogP contribution < -0.4 is 5.43 Å². The number of benzene rings is 2. The first-order chi connectivity index (χ1) is 13.9. The molecule has 1 aromatic heterocycles. The van der Waals surface area contributed by atoms with E-state index in [-0.39, 0.29) is 18.1 Å². The lowest BCUT2D eigenvalue weighted by molar-refractivity contribution is -0.142. The second kappa shape index (κ2) is 9.73. The predicted molar refractivity (Wildman–Crippen MR) is 117 cm³/mol. The molecule has 0 saturated carbocycles. The molecule has 0 amide bonds. The van der Waals surface area contributed by atoms with Gasteiger partial charge >= 0.3 is 5.97 Å². The maximum Gasteiger partial charge on any atom is 0.311 e. The molecule has 1 heterocycles. The zero-order valence-corrected chi connectivity index (χ0v) is 17.7. The molecular formula is C20H17Cl2N3O3S. The first kappa shape index (κ1) is 21.1. The van der Waals surface area contributed by atoms with Crippen LogP contribution in [0.2, 0.25) is 10.0 Å². The molecule has 9 heteroatoms. The van der Waals surface area contributed by atoms with E-state index in [1.165, 1.54) is 17.6 Å². The summed E-state index contributed by atoms with van der Waals surface area (Å²) in [5, 5.41) is 17.7. The van der Waals surface area contributed by atoms with Crippen LogP contribution in [-0.2, 0) is 16.0 Å². The summed E-state index contributed by atoms with van der Waals surface area (Å²) in [4.78, 5) is 15.7. The van der Waals surface area contributed by atoms with Gasteiger partial charge in [-0.2, -0.15) is 5.10 Å². The highest BCUT2D eigenvalue weighted by atomic mass is 35.5. The van der Waals surface area contributed by atoms with Crippen molar-refractivity contribution in [1.29, 1.82) is 0 Å². The first-order valence-electron chi connectivity index (χ1n) is 8.63. The summed E-state index contributed by atoms with van der Waals surface area (Å²) in [5.74, 6) is -0.259. The van der Waals surface area contributed by atoms with E-state index in [1.54, 1.807) is 42.6 Å². The van der Waals surface area contributed by atoms with Crippen LogP contribution in [0.3, 0.4) is 0 Å². The third kappa shape index (κ3) is 5.93. The maximum atomic E-state index is 11.5. The molecule has 0 aliphatic carbocycles. The van der Waals surface area contributed by atoms with Crippen molar-refractivity contribution in [2.24, 2.45) is 5.10 Å². The number of ether oxygens (including phenoxy) is 1. The fourth-order valence-corrected chi connectivity index (χ4v) is 3.69. The van der Waals surface area contributed by atoms with Gasteiger partial charge in [-0.25, -0.2) is 4.98 Å². The van der Waals surface area contributed by atoms with Gasteiger partial charge in [0.1, 0.15) is 5.75 Å². The summed E-state index contributed by atoms with van der Waals surface area (Å²) in [7, 11) is 0. The Morgan fingerprint density at radius 2 is 2.00 bits per heavy atom. The number of phenolic OH excluding ortho intramolecular Hbond substituents is 1. The van der Waals surface area contributed by atoms with Crippen LogP contribution in [0.5, 0.6) is 5.75 Å². The predicted octanol–water partition coefficient (Wildman–Crippen LogP) is 5.37. The van der Waals surface area contributed by atoms with Crippen molar-refractivity contribution in [3.63, 3.8) is 0 Å². The van der Waals surface area contributed by atoms with E-state index in [4.69, 9.17) is 27.9 Å². The van der Waals surface area contributed by atoms with E-state index in [1.807, 2.05) is 6.07 Å². The van der Waals surface area contributed by atoms with Crippen LogP contribution in [0.1, 0.15) is 18.2 Å². The van der Waals surface area contributed by atoms with Gasteiger partial charge in [0.15, 0.2) is 0 Å². The van der Waals surface area contributed by atoms with Gasteiger partial charge in [-0.05, 0) is 48.4 Å². The molecule has 0 saturated heterocycles. The molecule has 0 spiro atoms. The third-order valence-electron chi connectivity index (χ3n) is 3.77. The van der Waals surface area contributed by atoms with Crippen molar-refractivity contribution in [3.8, 4) is 16.9 Å². The van der Waals surface area contributed by atoms with Crippen molar-refractivity contribution in [2.45, 2.75) is 13.3 Å². The monoisotopic (exact) mass is 449 g/mol.